The first kappa shape index (κ1) is 12.0. The normalized spacial score (nSPS) is 10.8. The molecule has 6 nitrogen and oxygen atoms in total. The van der Waals surface area contributed by atoms with Crippen LogP contribution < -0.4 is 10.9 Å². The third kappa shape index (κ3) is 2.16. The summed E-state index contributed by atoms with van der Waals surface area (Å²) in [6.45, 7) is 0. The second-order valence-corrected chi connectivity index (χ2v) is 4.55. The largest absolute Gasteiger partial charge is 0.339 e. The number of nitrogens with one attached hydrogen (secondary N) is 3. The van der Waals surface area contributed by atoms with Crippen LogP contribution in [0.5, 0.6) is 0 Å². The Hall–Kier alpha value is -2.05. The zero-order chi connectivity index (χ0) is 13.4. The van der Waals surface area contributed by atoms with E-state index in [-0.39, 0.29) is 11.5 Å². The molecule has 0 spiro atoms. The van der Waals surface area contributed by atoms with E-state index in [2.05, 4.69) is 25.3 Å². The molecule has 0 fully saturated rings. The van der Waals surface area contributed by atoms with E-state index >= 15 is 0 Å². The average Bonchev–Trinajstić information content (AvgIpc) is 2.83. The molecule has 3 N–H and O–H groups in total. The molecule has 0 atom stereocenters. The third-order valence-corrected chi connectivity index (χ3v) is 3.13. The van der Waals surface area contributed by atoms with E-state index in [1.807, 2.05) is 0 Å². The molecule has 8 heteroatoms. The lowest BCUT2D eigenvalue weighted by molar-refractivity contribution is 1.15. The van der Waals surface area contributed by atoms with Crippen molar-refractivity contribution in [3.63, 3.8) is 0 Å². The van der Waals surface area contributed by atoms with Crippen molar-refractivity contribution in [1.29, 1.82) is 0 Å². The molecular formula is C11H7Cl2N5O. The van der Waals surface area contributed by atoms with Gasteiger partial charge >= 0.3 is 0 Å². The zero-order valence-electron chi connectivity index (χ0n) is 9.37. The van der Waals surface area contributed by atoms with Crippen LogP contribution in [0.1, 0.15) is 0 Å². The van der Waals surface area contributed by atoms with Crippen molar-refractivity contribution in [3.05, 3.63) is 44.9 Å². The summed E-state index contributed by atoms with van der Waals surface area (Å²) >= 11 is 12.1. The van der Waals surface area contributed by atoms with Gasteiger partial charge in [-0.15, -0.1) is 0 Å². The molecule has 19 heavy (non-hydrogen) atoms. The maximum Gasteiger partial charge on any atom is 0.278 e. The van der Waals surface area contributed by atoms with Gasteiger partial charge in [0.25, 0.3) is 5.56 Å². The summed E-state index contributed by atoms with van der Waals surface area (Å²) in [4.78, 5) is 25.1. The highest BCUT2D eigenvalue weighted by molar-refractivity contribution is 6.39. The predicted molar refractivity (Wildman–Crippen MR) is 74.3 cm³/mol. The van der Waals surface area contributed by atoms with E-state index in [0.29, 0.717) is 26.9 Å². The maximum atomic E-state index is 11.7. The first-order chi connectivity index (χ1) is 9.15. The number of aromatic nitrogens is 4. The van der Waals surface area contributed by atoms with Crippen LogP contribution in [0, 0.1) is 0 Å². The van der Waals surface area contributed by atoms with E-state index in [1.54, 1.807) is 18.2 Å². The topological polar surface area (TPSA) is 86.5 Å². The first-order valence-corrected chi connectivity index (χ1v) is 6.05. The predicted octanol–water partition coefficient (Wildman–Crippen LogP) is 2.70. The van der Waals surface area contributed by atoms with Crippen LogP contribution in [0.2, 0.25) is 10.0 Å². The lowest BCUT2D eigenvalue weighted by Gasteiger charge is -2.08. The number of benzene rings is 1. The highest BCUT2D eigenvalue weighted by atomic mass is 35.5. The fourth-order valence-corrected chi connectivity index (χ4v) is 2.13. The van der Waals surface area contributed by atoms with E-state index in [0.717, 1.165) is 0 Å². The van der Waals surface area contributed by atoms with Crippen molar-refractivity contribution in [2.75, 3.05) is 5.32 Å². The Morgan fingerprint density at radius 2 is 1.95 bits per heavy atom. The van der Waals surface area contributed by atoms with Crippen LogP contribution in [0.25, 0.3) is 11.2 Å². The van der Waals surface area contributed by atoms with E-state index < -0.39 is 0 Å². The molecule has 0 saturated heterocycles. The number of halogens is 2. The Balaban J connectivity index is 2.08. The number of aromatic amines is 2. The number of para-hydroxylation sites is 1. The Bertz CT molecular complexity index is 790. The van der Waals surface area contributed by atoms with Crippen molar-refractivity contribution < 1.29 is 0 Å². The van der Waals surface area contributed by atoms with Crippen molar-refractivity contribution in [1.82, 2.24) is 19.9 Å². The quantitative estimate of drug-likeness (QED) is 0.678. The molecule has 0 unspecified atom stereocenters. The van der Waals surface area contributed by atoms with Crippen LogP contribution >= 0.6 is 23.2 Å². The van der Waals surface area contributed by atoms with E-state index in [9.17, 15) is 4.79 Å². The lowest BCUT2D eigenvalue weighted by atomic mass is 10.3. The minimum atomic E-state index is -0.326. The van der Waals surface area contributed by atoms with Crippen LogP contribution in [0.15, 0.2) is 29.3 Å². The fraction of sp³-hybridized carbons (Fsp3) is 0. The van der Waals surface area contributed by atoms with Crippen molar-refractivity contribution >= 4 is 46.0 Å². The number of fused-ring (bicyclic) bond motifs is 1. The number of rotatable bonds is 2. The summed E-state index contributed by atoms with van der Waals surface area (Å²) in [5, 5.41) is 3.73. The van der Waals surface area contributed by atoms with E-state index in [4.69, 9.17) is 23.2 Å². The smallest absolute Gasteiger partial charge is 0.278 e. The average molecular weight is 296 g/mol. The second-order valence-electron chi connectivity index (χ2n) is 3.74. The van der Waals surface area contributed by atoms with Crippen LogP contribution in [-0.4, -0.2) is 19.9 Å². The third-order valence-electron chi connectivity index (χ3n) is 2.50. The molecule has 2 heterocycles. The monoisotopic (exact) mass is 295 g/mol. The van der Waals surface area contributed by atoms with Gasteiger partial charge in [0.15, 0.2) is 11.2 Å². The first-order valence-electron chi connectivity index (χ1n) is 5.29. The summed E-state index contributed by atoms with van der Waals surface area (Å²) < 4.78 is 0. The van der Waals surface area contributed by atoms with Gasteiger partial charge in [-0.3, -0.25) is 9.78 Å². The Morgan fingerprint density at radius 1 is 1.21 bits per heavy atom. The summed E-state index contributed by atoms with van der Waals surface area (Å²) in [5.74, 6) is 0.222. The van der Waals surface area contributed by atoms with Gasteiger partial charge in [0.05, 0.1) is 22.1 Å². The Morgan fingerprint density at radius 3 is 2.68 bits per heavy atom. The lowest BCUT2D eigenvalue weighted by Crippen LogP contribution is -2.11. The van der Waals surface area contributed by atoms with Crippen molar-refractivity contribution in [3.8, 4) is 0 Å². The van der Waals surface area contributed by atoms with E-state index in [1.165, 1.54) is 6.33 Å². The van der Waals surface area contributed by atoms with Crippen LogP contribution in [0.3, 0.4) is 0 Å². The summed E-state index contributed by atoms with van der Waals surface area (Å²) in [6.07, 6.45) is 1.40. The molecule has 3 aromatic rings. The molecule has 0 aliphatic carbocycles. The number of nitrogens with zero attached hydrogens (tertiary/aromatic N) is 2. The molecule has 0 amide bonds. The summed E-state index contributed by atoms with van der Waals surface area (Å²) in [7, 11) is 0. The molecular weight excluding hydrogens is 289 g/mol. The summed E-state index contributed by atoms with van der Waals surface area (Å²) in [5.41, 5.74) is 0.780. The molecule has 0 aliphatic rings. The van der Waals surface area contributed by atoms with Crippen LogP contribution in [0.4, 0.5) is 11.6 Å². The Kier molecular flexibility index (Phi) is 2.88. The minimum Gasteiger partial charge on any atom is -0.339 e. The fourth-order valence-electron chi connectivity index (χ4n) is 1.64. The number of H-pyrrole nitrogens is 2. The van der Waals surface area contributed by atoms with Gasteiger partial charge in [0, 0.05) is 0 Å². The van der Waals surface area contributed by atoms with Gasteiger partial charge in [-0.25, -0.2) is 4.98 Å². The van der Waals surface area contributed by atoms with Crippen molar-refractivity contribution in [2.24, 2.45) is 0 Å². The standard InChI is InChI=1S/C11H7Cl2N5O/c12-5-2-1-3-6(13)7(5)16-11-17-9-8(10(19)18-11)14-4-15-9/h1-4H,(H3,14,15,16,17,18,19). The molecule has 96 valence electrons. The maximum absolute atomic E-state index is 11.7. The highest BCUT2D eigenvalue weighted by Gasteiger charge is 2.09. The van der Waals surface area contributed by atoms with Gasteiger partial charge < -0.3 is 10.3 Å². The zero-order valence-corrected chi connectivity index (χ0v) is 10.9. The molecule has 2 aromatic heterocycles. The molecule has 3 rings (SSSR count). The minimum absolute atomic E-state index is 0.222. The number of hydrogen-bond acceptors (Lipinski definition) is 4. The summed E-state index contributed by atoms with van der Waals surface area (Å²) in [6, 6.07) is 5.09. The SMILES string of the molecule is O=c1[nH]c(Nc2c(Cl)cccc2Cl)nc2nc[nH]c12. The van der Waals surface area contributed by atoms with Gasteiger partial charge in [-0.05, 0) is 12.1 Å². The van der Waals surface area contributed by atoms with Crippen LogP contribution in [-0.2, 0) is 0 Å². The van der Waals surface area contributed by atoms with Gasteiger partial charge in [0.2, 0.25) is 5.95 Å². The molecule has 0 aliphatic heterocycles. The van der Waals surface area contributed by atoms with Crippen molar-refractivity contribution in [2.45, 2.75) is 0 Å². The molecule has 1 aromatic carbocycles. The number of hydrogen-bond donors (Lipinski definition) is 3. The number of imidazole rings is 1. The van der Waals surface area contributed by atoms with Gasteiger partial charge in [0.1, 0.15) is 0 Å². The molecule has 0 radical (unpaired) electrons. The van der Waals surface area contributed by atoms with Gasteiger partial charge in [-0.1, -0.05) is 29.3 Å². The molecule has 0 saturated carbocycles. The van der Waals surface area contributed by atoms with Gasteiger partial charge in [-0.2, -0.15) is 4.98 Å². The number of anilines is 2. The highest BCUT2D eigenvalue weighted by Crippen LogP contribution is 2.31. The second kappa shape index (κ2) is 4.56. The Labute approximate surface area is 116 Å². The molecule has 0 bridgehead atoms.